The lowest BCUT2D eigenvalue weighted by Gasteiger charge is -2.08. The molecule has 2 rings (SSSR count). The van der Waals surface area contributed by atoms with Crippen molar-refractivity contribution < 1.29 is 14.4 Å². The Bertz CT molecular complexity index is 473. The first-order chi connectivity index (χ1) is 9.20. The summed E-state index contributed by atoms with van der Waals surface area (Å²) < 4.78 is 4.86. The lowest BCUT2D eigenvalue weighted by Crippen LogP contribution is -2.36. The van der Waals surface area contributed by atoms with Crippen molar-refractivity contribution >= 4 is 23.2 Å². The minimum absolute atomic E-state index is 0.176. The van der Waals surface area contributed by atoms with Crippen LogP contribution < -0.4 is 5.32 Å². The highest BCUT2D eigenvalue weighted by Crippen LogP contribution is 2.18. The number of amides is 1. The number of nitrogens with one attached hydrogen (secondary N) is 1. The van der Waals surface area contributed by atoms with Gasteiger partial charge >= 0.3 is 0 Å². The minimum atomic E-state index is -0.567. The van der Waals surface area contributed by atoms with E-state index in [1.54, 1.807) is 19.2 Å². The zero-order chi connectivity index (χ0) is 13.7. The molecule has 0 saturated carbocycles. The zero-order valence-electron chi connectivity index (χ0n) is 10.6. The van der Waals surface area contributed by atoms with Gasteiger partial charge in [0.2, 0.25) is 6.10 Å². The Labute approximate surface area is 116 Å². The highest BCUT2D eigenvalue weighted by atomic mass is 35.5. The van der Waals surface area contributed by atoms with Crippen LogP contribution in [0.25, 0.3) is 0 Å². The summed E-state index contributed by atoms with van der Waals surface area (Å²) in [6, 6.07) is 7.28. The van der Waals surface area contributed by atoms with Crippen LogP contribution in [0.1, 0.15) is 12.0 Å². The third-order valence-corrected chi connectivity index (χ3v) is 3.00. The van der Waals surface area contributed by atoms with E-state index in [1.165, 1.54) is 0 Å². The Morgan fingerprint density at radius 2 is 2.26 bits per heavy atom. The van der Waals surface area contributed by atoms with Crippen LogP contribution in [0, 0.1) is 0 Å². The molecule has 0 bridgehead atoms. The van der Waals surface area contributed by atoms with Crippen molar-refractivity contribution in [2.75, 3.05) is 20.3 Å². The summed E-state index contributed by atoms with van der Waals surface area (Å²) in [5.41, 5.74) is 1.67. The van der Waals surface area contributed by atoms with Crippen molar-refractivity contribution in [1.29, 1.82) is 0 Å². The molecule has 0 radical (unpaired) electrons. The molecule has 0 aliphatic carbocycles. The van der Waals surface area contributed by atoms with Crippen LogP contribution in [0.4, 0.5) is 0 Å². The molecule has 1 amide bonds. The third kappa shape index (κ3) is 3.68. The van der Waals surface area contributed by atoms with E-state index in [2.05, 4.69) is 10.5 Å². The van der Waals surface area contributed by atoms with Crippen molar-refractivity contribution in [2.24, 2.45) is 5.16 Å². The Kier molecular flexibility index (Phi) is 4.76. The van der Waals surface area contributed by atoms with Crippen LogP contribution in [0.3, 0.4) is 0 Å². The van der Waals surface area contributed by atoms with E-state index in [0.717, 1.165) is 11.3 Å². The maximum absolute atomic E-state index is 11.8. The molecule has 102 valence electrons. The van der Waals surface area contributed by atoms with Gasteiger partial charge in [-0.25, -0.2) is 0 Å². The molecule has 1 heterocycles. The van der Waals surface area contributed by atoms with Gasteiger partial charge in [0.05, 0.1) is 12.3 Å². The van der Waals surface area contributed by atoms with Crippen molar-refractivity contribution in [3.63, 3.8) is 0 Å². The first-order valence-electron chi connectivity index (χ1n) is 5.96. The van der Waals surface area contributed by atoms with Gasteiger partial charge in [0.15, 0.2) is 0 Å². The Hall–Kier alpha value is -1.59. The molecular formula is C13H15ClN2O3. The fourth-order valence-electron chi connectivity index (χ4n) is 1.72. The second-order valence-corrected chi connectivity index (χ2v) is 4.56. The Morgan fingerprint density at radius 3 is 2.95 bits per heavy atom. The van der Waals surface area contributed by atoms with Gasteiger partial charge in [-0.3, -0.25) is 4.79 Å². The second kappa shape index (κ2) is 6.54. The quantitative estimate of drug-likeness (QED) is 0.835. The summed E-state index contributed by atoms with van der Waals surface area (Å²) >= 11 is 5.82. The van der Waals surface area contributed by atoms with Crippen molar-refractivity contribution in [3.05, 3.63) is 34.9 Å². The number of benzene rings is 1. The van der Waals surface area contributed by atoms with Crippen LogP contribution in [0.2, 0.25) is 5.02 Å². The molecule has 0 unspecified atom stereocenters. The van der Waals surface area contributed by atoms with E-state index in [1.807, 2.05) is 12.1 Å². The predicted molar refractivity (Wildman–Crippen MR) is 72.4 cm³/mol. The maximum atomic E-state index is 11.8. The molecule has 19 heavy (non-hydrogen) atoms. The average molecular weight is 283 g/mol. The van der Waals surface area contributed by atoms with Crippen LogP contribution in [-0.2, 0) is 14.4 Å². The van der Waals surface area contributed by atoms with Crippen LogP contribution in [-0.4, -0.2) is 38.0 Å². The van der Waals surface area contributed by atoms with Gasteiger partial charge < -0.3 is 14.9 Å². The molecule has 6 heteroatoms. The first kappa shape index (κ1) is 13.8. The SMILES string of the molecule is COCCNC(=O)[C@H]1CC(c2ccc(Cl)cc2)=NO1. The van der Waals surface area contributed by atoms with Crippen molar-refractivity contribution in [3.8, 4) is 0 Å². The topological polar surface area (TPSA) is 59.9 Å². The van der Waals surface area contributed by atoms with Gasteiger partial charge in [-0.15, -0.1) is 0 Å². The highest BCUT2D eigenvalue weighted by Gasteiger charge is 2.28. The number of halogens is 1. The molecule has 1 aromatic carbocycles. The molecule has 1 aromatic rings. The number of carbonyl (C=O) groups excluding carboxylic acids is 1. The molecule has 1 atom stereocenters. The van der Waals surface area contributed by atoms with Gasteiger partial charge in [0, 0.05) is 25.1 Å². The fraction of sp³-hybridized carbons (Fsp3) is 0.385. The fourth-order valence-corrected chi connectivity index (χ4v) is 1.85. The lowest BCUT2D eigenvalue weighted by atomic mass is 10.0. The highest BCUT2D eigenvalue weighted by molar-refractivity contribution is 6.30. The van der Waals surface area contributed by atoms with E-state index in [4.69, 9.17) is 21.2 Å². The number of oxime groups is 1. The molecule has 1 aliphatic heterocycles. The van der Waals surface area contributed by atoms with Crippen LogP contribution in [0.15, 0.2) is 29.4 Å². The van der Waals surface area contributed by atoms with E-state index < -0.39 is 6.10 Å². The zero-order valence-corrected chi connectivity index (χ0v) is 11.3. The monoisotopic (exact) mass is 282 g/mol. The Balaban J connectivity index is 1.88. The smallest absolute Gasteiger partial charge is 0.264 e. The number of methoxy groups -OCH3 is 1. The van der Waals surface area contributed by atoms with E-state index in [9.17, 15) is 4.79 Å². The van der Waals surface area contributed by atoms with Crippen LogP contribution in [0.5, 0.6) is 0 Å². The number of hydrogen-bond acceptors (Lipinski definition) is 4. The summed E-state index contributed by atoms with van der Waals surface area (Å²) in [6.45, 7) is 0.939. The average Bonchev–Trinajstić information content (AvgIpc) is 2.89. The molecule has 1 aliphatic rings. The normalized spacial score (nSPS) is 17.8. The van der Waals surface area contributed by atoms with Crippen LogP contribution >= 0.6 is 11.6 Å². The Morgan fingerprint density at radius 1 is 1.53 bits per heavy atom. The van der Waals surface area contributed by atoms with E-state index in [-0.39, 0.29) is 5.91 Å². The largest absolute Gasteiger partial charge is 0.383 e. The van der Waals surface area contributed by atoms with Gasteiger partial charge in [0.1, 0.15) is 0 Å². The first-order valence-corrected chi connectivity index (χ1v) is 6.34. The number of hydrogen-bond donors (Lipinski definition) is 1. The lowest BCUT2D eigenvalue weighted by molar-refractivity contribution is -0.131. The molecule has 0 saturated heterocycles. The van der Waals surface area contributed by atoms with Gasteiger partial charge in [-0.1, -0.05) is 28.9 Å². The molecular weight excluding hydrogens is 268 g/mol. The minimum Gasteiger partial charge on any atom is -0.383 e. The molecule has 1 N–H and O–H groups in total. The van der Waals surface area contributed by atoms with Gasteiger partial charge in [0.25, 0.3) is 5.91 Å². The molecule has 5 nitrogen and oxygen atoms in total. The summed E-state index contributed by atoms with van der Waals surface area (Å²) in [4.78, 5) is 16.9. The summed E-state index contributed by atoms with van der Waals surface area (Å²) in [5, 5.41) is 7.34. The number of ether oxygens (including phenoxy) is 1. The number of nitrogens with zero attached hydrogens (tertiary/aromatic N) is 1. The standard InChI is InChI=1S/C13H15ClN2O3/c1-18-7-6-15-13(17)12-8-11(16-19-12)9-2-4-10(14)5-3-9/h2-5,12H,6-8H2,1H3,(H,15,17)/t12-/m1/s1. The summed E-state index contributed by atoms with van der Waals surface area (Å²) in [6.07, 6.45) is -0.108. The van der Waals surface area contributed by atoms with Gasteiger partial charge in [-0.05, 0) is 17.7 Å². The van der Waals surface area contributed by atoms with Gasteiger partial charge in [-0.2, -0.15) is 0 Å². The molecule has 0 spiro atoms. The summed E-state index contributed by atoms with van der Waals surface area (Å²) in [5.74, 6) is -0.176. The second-order valence-electron chi connectivity index (χ2n) is 4.13. The van der Waals surface area contributed by atoms with E-state index in [0.29, 0.717) is 24.6 Å². The maximum Gasteiger partial charge on any atom is 0.264 e. The molecule has 0 fully saturated rings. The number of carbonyl (C=O) groups is 1. The number of rotatable bonds is 5. The van der Waals surface area contributed by atoms with E-state index >= 15 is 0 Å². The third-order valence-electron chi connectivity index (χ3n) is 2.74. The van der Waals surface area contributed by atoms with Crippen molar-refractivity contribution in [2.45, 2.75) is 12.5 Å². The molecule has 0 aromatic heterocycles. The summed E-state index contributed by atoms with van der Waals surface area (Å²) in [7, 11) is 1.58. The van der Waals surface area contributed by atoms with Crippen molar-refractivity contribution in [1.82, 2.24) is 5.32 Å². The predicted octanol–water partition coefficient (Wildman–Crippen LogP) is 1.60.